The molecule has 2 rings (SSSR count). The maximum atomic E-state index is 6.29. The predicted octanol–water partition coefficient (Wildman–Crippen LogP) is 6.62. The van der Waals surface area contributed by atoms with Crippen LogP contribution >= 0.6 is 39.1 Å². The molecule has 0 aliphatic rings. The van der Waals surface area contributed by atoms with Crippen molar-refractivity contribution in [2.45, 2.75) is 24.1 Å². The Labute approximate surface area is 132 Å². The third-order valence-electron chi connectivity index (χ3n) is 3.28. The van der Waals surface area contributed by atoms with Crippen LogP contribution in [0.25, 0.3) is 0 Å². The van der Waals surface area contributed by atoms with E-state index in [1.54, 1.807) is 0 Å². The summed E-state index contributed by atoms with van der Waals surface area (Å²) in [5.41, 5.74) is 2.35. The second-order valence-corrected chi connectivity index (χ2v) is 6.32. The standard InChI is InChI=1S/C16H15BrCl2/c1-2-13(11-6-4-3-5-7-11)16(17)14-10-12(18)8-9-15(14)19/h3-10,13,16H,2H2,1H3. The number of benzene rings is 2. The Balaban J connectivity index is 2.36. The van der Waals surface area contributed by atoms with Crippen LogP contribution in [0, 0.1) is 0 Å². The summed E-state index contributed by atoms with van der Waals surface area (Å²) in [6.45, 7) is 2.18. The van der Waals surface area contributed by atoms with Crippen LogP contribution in [0.3, 0.4) is 0 Å². The molecule has 0 fully saturated rings. The summed E-state index contributed by atoms with van der Waals surface area (Å²) in [7, 11) is 0. The molecule has 19 heavy (non-hydrogen) atoms. The van der Waals surface area contributed by atoms with E-state index in [9.17, 15) is 0 Å². The number of halogens is 3. The minimum atomic E-state index is 0.158. The van der Waals surface area contributed by atoms with Crippen molar-refractivity contribution >= 4 is 39.1 Å². The summed E-state index contributed by atoms with van der Waals surface area (Å²) >= 11 is 16.2. The van der Waals surface area contributed by atoms with Gasteiger partial charge in [0.05, 0.1) is 0 Å². The Hall–Kier alpha value is -0.500. The van der Waals surface area contributed by atoms with E-state index < -0.39 is 0 Å². The summed E-state index contributed by atoms with van der Waals surface area (Å²) in [4.78, 5) is 0.158. The van der Waals surface area contributed by atoms with Gasteiger partial charge >= 0.3 is 0 Å². The van der Waals surface area contributed by atoms with Crippen molar-refractivity contribution in [1.29, 1.82) is 0 Å². The predicted molar refractivity (Wildman–Crippen MR) is 87.6 cm³/mol. The van der Waals surface area contributed by atoms with Gasteiger partial charge in [0.1, 0.15) is 0 Å². The van der Waals surface area contributed by atoms with Crippen LogP contribution in [0.2, 0.25) is 10.0 Å². The van der Waals surface area contributed by atoms with E-state index in [2.05, 4.69) is 47.1 Å². The molecule has 0 aromatic heterocycles. The van der Waals surface area contributed by atoms with Gasteiger partial charge in [-0.25, -0.2) is 0 Å². The van der Waals surface area contributed by atoms with Crippen molar-refractivity contribution < 1.29 is 0 Å². The van der Waals surface area contributed by atoms with Crippen LogP contribution in [0.4, 0.5) is 0 Å². The van der Waals surface area contributed by atoms with Gasteiger partial charge in [0, 0.05) is 20.8 Å². The SMILES string of the molecule is CCC(c1ccccc1)C(Br)c1cc(Cl)ccc1Cl. The molecule has 0 nitrogen and oxygen atoms in total. The highest BCUT2D eigenvalue weighted by molar-refractivity contribution is 9.09. The number of rotatable bonds is 4. The first-order chi connectivity index (χ1) is 9.13. The minimum absolute atomic E-state index is 0.158. The Kier molecular flexibility index (Phi) is 5.32. The normalized spacial score (nSPS) is 14.1. The lowest BCUT2D eigenvalue weighted by atomic mass is 9.90. The quantitative estimate of drug-likeness (QED) is 0.539. The van der Waals surface area contributed by atoms with E-state index >= 15 is 0 Å². The molecule has 2 aromatic rings. The van der Waals surface area contributed by atoms with Crippen molar-refractivity contribution in [2.24, 2.45) is 0 Å². The lowest BCUT2D eigenvalue weighted by Gasteiger charge is -2.23. The van der Waals surface area contributed by atoms with E-state index in [4.69, 9.17) is 23.2 Å². The van der Waals surface area contributed by atoms with Crippen molar-refractivity contribution in [3.8, 4) is 0 Å². The van der Waals surface area contributed by atoms with Gasteiger partial charge in [-0.05, 0) is 35.7 Å². The molecule has 0 radical (unpaired) electrons. The van der Waals surface area contributed by atoms with E-state index in [0.29, 0.717) is 10.9 Å². The largest absolute Gasteiger partial charge is 0.0843 e. The highest BCUT2D eigenvalue weighted by Gasteiger charge is 2.22. The number of hydrogen-bond acceptors (Lipinski definition) is 0. The van der Waals surface area contributed by atoms with Gasteiger partial charge < -0.3 is 0 Å². The van der Waals surface area contributed by atoms with E-state index in [-0.39, 0.29) is 4.83 Å². The first-order valence-corrected chi connectivity index (χ1v) is 7.94. The van der Waals surface area contributed by atoms with Crippen molar-refractivity contribution in [3.05, 3.63) is 69.7 Å². The zero-order chi connectivity index (χ0) is 13.8. The third-order valence-corrected chi connectivity index (χ3v) is 4.99. The molecule has 0 spiro atoms. The van der Waals surface area contributed by atoms with Gasteiger partial charge in [-0.15, -0.1) is 0 Å². The van der Waals surface area contributed by atoms with Gasteiger partial charge in [-0.3, -0.25) is 0 Å². The topological polar surface area (TPSA) is 0 Å². The molecule has 0 saturated carbocycles. The summed E-state index contributed by atoms with van der Waals surface area (Å²) < 4.78 is 0. The highest BCUT2D eigenvalue weighted by atomic mass is 79.9. The molecule has 2 aromatic carbocycles. The maximum absolute atomic E-state index is 6.29. The van der Waals surface area contributed by atoms with Crippen LogP contribution < -0.4 is 0 Å². The van der Waals surface area contributed by atoms with Gasteiger partial charge in [-0.2, -0.15) is 0 Å². The molecule has 0 amide bonds. The average Bonchev–Trinajstić information content (AvgIpc) is 2.43. The second-order valence-electron chi connectivity index (χ2n) is 4.49. The van der Waals surface area contributed by atoms with E-state index in [0.717, 1.165) is 17.0 Å². The Bertz CT molecular complexity index is 540. The molecule has 0 bridgehead atoms. The first-order valence-electron chi connectivity index (χ1n) is 6.27. The molecular formula is C16H15BrCl2. The van der Waals surface area contributed by atoms with Gasteiger partial charge in [-0.1, -0.05) is 76.4 Å². The summed E-state index contributed by atoms with van der Waals surface area (Å²) in [6, 6.07) is 16.1. The lowest BCUT2D eigenvalue weighted by molar-refractivity contribution is 0.655. The van der Waals surface area contributed by atoms with E-state index in [1.165, 1.54) is 5.56 Å². The molecule has 0 N–H and O–H groups in total. The second kappa shape index (κ2) is 6.78. The van der Waals surface area contributed by atoms with Crippen LogP contribution in [0.15, 0.2) is 48.5 Å². The molecule has 2 atom stereocenters. The zero-order valence-electron chi connectivity index (χ0n) is 10.6. The molecule has 0 heterocycles. The van der Waals surface area contributed by atoms with Crippen LogP contribution in [0.1, 0.15) is 35.2 Å². The Morgan fingerprint density at radius 3 is 2.37 bits per heavy atom. The molecule has 3 heteroatoms. The van der Waals surface area contributed by atoms with Crippen LogP contribution in [-0.2, 0) is 0 Å². The fraction of sp³-hybridized carbons (Fsp3) is 0.250. The van der Waals surface area contributed by atoms with Crippen molar-refractivity contribution in [1.82, 2.24) is 0 Å². The molecule has 100 valence electrons. The Morgan fingerprint density at radius 2 is 1.74 bits per heavy atom. The van der Waals surface area contributed by atoms with Crippen molar-refractivity contribution in [3.63, 3.8) is 0 Å². The van der Waals surface area contributed by atoms with Gasteiger partial charge in [0.2, 0.25) is 0 Å². The number of alkyl halides is 1. The fourth-order valence-electron chi connectivity index (χ4n) is 2.25. The third kappa shape index (κ3) is 3.53. The molecule has 0 saturated heterocycles. The molecule has 2 unspecified atom stereocenters. The fourth-order valence-corrected chi connectivity index (χ4v) is 3.86. The van der Waals surface area contributed by atoms with Crippen LogP contribution in [0.5, 0.6) is 0 Å². The molecule has 0 aliphatic carbocycles. The number of hydrogen-bond donors (Lipinski definition) is 0. The van der Waals surface area contributed by atoms with E-state index in [1.807, 2.05) is 24.3 Å². The Morgan fingerprint density at radius 1 is 1.05 bits per heavy atom. The lowest BCUT2D eigenvalue weighted by Crippen LogP contribution is -2.05. The maximum Gasteiger partial charge on any atom is 0.0478 e. The van der Waals surface area contributed by atoms with Gasteiger partial charge in [0.15, 0.2) is 0 Å². The highest BCUT2D eigenvalue weighted by Crippen LogP contribution is 2.43. The van der Waals surface area contributed by atoms with Gasteiger partial charge in [0.25, 0.3) is 0 Å². The first kappa shape index (κ1) is 14.9. The summed E-state index contributed by atoms with van der Waals surface area (Å²) in [6.07, 6.45) is 1.03. The molecule has 0 aliphatic heterocycles. The van der Waals surface area contributed by atoms with Crippen LogP contribution in [-0.4, -0.2) is 0 Å². The van der Waals surface area contributed by atoms with Crippen molar-refractivity contribution in [2.75, 3.05) is 0 Å². The summed E-state index contributed by atoms with van der Waals surface area (Å²) in [5, 5.41) is 1.47. The molecular weight excluding hydrogens is 343 g/mol. The smallest absolute Gasteiger partial charge is 0.0478 e. The average molecular weight is 358 g/mol. The minimum Gasteiger partial charge on any atom is -0.0843 e. The summed E-state index contributed by atoms with van der Waals surface area (Å²) in [5.74, 6) is 0.372. The monoisotopic (exact) mass is 356 g/mol. The zero-order valence-corrected chi connectivity index (χ0v) is 13.7.